The molecular formula is C22H23N9O2. The van der Waals surface area contributed by atoms with Crippen LogP contribution in [-0.2, 0) is 13.1 Å². The number of benzene rings is 1. The van der Waals surface area contributed by atoms with E-state index in [4.69, 9.17) is 11.5 Å². The summed E-state index contributed by atoms with van der Waals surface area (Å²) in [6, 6.07) is 4.77. The molecule has 0 aliphatic carbocycles. The number of carbonyl (C=O) groups is 1. The highest BCUT2D eigenvalue weighted by Gasteiger charge is 2.22. The summed E-state index contributed by atoms with van der Waals surface area (Å²) in [5.41, 5.74) is 12.7. The maximum absolute atomic E-state index is 13.5. The number of hydrogen-bond acceptors (Lipinski definition) is 8. The molecule has 0 bridgehead atoms. The lowest BCUT2D eigenvalue weighted by molar-refractivity contribution is 0.100. The number of piperazine rings is 1. The minimum atomic E-state index is -0.692. The Hall–Kier alpha value is -4.35. The summed E-state index contributed by atoms with van der Waals surface area (Å²) in [5, 5.41) is 17.1. The number of rotatable bonds is 5. The van der Waals surface area contributed by atoms with Gasteiger partial charge in [-0.25, -0.2) is 9.67 Å². The van der Waals surface area contributed by atoms with E-state index in [-0.39, 0.29) is 28.9 Å². The molecule has 5 N–H and O–H groups in total. The van der Waals surface area contributed by atoms with Crippen molar-refractivity contribution in [2.75, 3.05) is 36.8 Å². The third kappa shape index (κ3) is 4.10. The van der Waals surface area contributed by atoms with E-state index in [1.165, 1.54) is 23.0 Å². The van der Waals surface area contributed by atoms with Crippen molar-refractivity contribution < 1.29 is 4.79 Å². The Kier molecular flexibility index (Phi) is 5.98. The number of amides is 1. The van der Waals surface area contributed by atoms with Gasteiger partial charge in [-0.05, 0) is 19.1 Å². The van der Waals surface area contributed by atoms with E-state index in [0.717, 1.165) is 26.2 Å². The van der Waals surface area contributed by atoms with Crippen LogP contribution in [0.2, 0.25) is 0 Å². The molecule has 1 aliphatic rings. The number of nitrogens with one attached hydrogen (secondary N) is 1. The van der Waals surface area contributed by atoms with Crippen molar-refractivity contribution in [1.29, 1.82) is 5.26 Å². The summed E-state index contributed by atoms with van der Waals surface area (Å²) in [4.78, 5) is 31.8. The Morgan fingerprint density at radius 2 is 2.06 bits per heavy atom. The van der Waals surface area contributed by atoms with E-state index in [0.29, 0.717) is 29.1 Å². The normalized spacial score (nSPS) is 13.4. The van der Waals surface area contributed by atoms with E-state index in [9.17, 15) is 14.9 Å². The predicted octanol–water partition coefficient (Wildman–Crippen LogP) is -0.373. The molecule has 0 radical (unpaired) electrons. The predicted molar refractivity (Wildman–Crippen MR) is 124 cm³/mol. The molecule has 1 aliphatic heterocycles. The lowest BCUT2D eigenvalue weighted by atomic mass is 10.0. The van der Waals surface area contributed by atoms with Gasteiger partial charge in [0.25, 0.3) is 5.56 Å². The van der Waals surface area contributed by atoms with Crippen LogP contribution in [-0.4, -0.2) is 51.4 Å². The lowest BCUT2D eigenvalue weighted by Gasteiger charge is -2.28. The van der Waals surface area contributed by atoms with Crippen molar-refractivity contribution in [3.05, 3.63) is 45.4 Å². The maximum atomic E-state index is 13.5. The molecule has 3 heterocycles. The zero-order valence-electron chi connectivity index (χ0n) is 18.1. The van der Waals surface area contributed by atoms with Crippen molar-refractivity contribution in [3.63, 3.8) is 0 Å². The minimum Gasteiger partial charge on any atom is -0.398 e. The summed E-state index contributed by atoms with van der Waals surface area (Å²) in [6.07, 6.45) is 1.53. The van der Waals surface area contributed by atoms with Crippen LogP contribution < -0.4 is 27.2 Å². The topological polar surface area (TPSA) is 161 Å². The maximum Gasteiger partial charge on any atom is 0.293 e. The number of aromatic nitrogens is 4. The number of imidazole rings is 1. The molecule has 11 nitrogen and oxygen atoms in total. The SMILES string of the molecule is CC#CCn1c(N2CCNCC2)nc2cnn(Cc3c(N)cc(C(N)=O)cc3C#N)c(=O)c21. The average molecular weight is 445 g/mol. The standard InChI is InChI=1S/C22H23N9O2/c1-2-3-6-30-19-18(28-22(30)29-7-4-26-5-8-29)12-27-31(21(19)33)13-16-15(11-23)9-14(20(25)32)10-17(16)24/h9-10,12,26H,4-8,13,24H2,1H3,(H2,25,32). The van der Waals surface area contributed by atoms with Crippen molar-refractivity contribution in [2.45, 2.75) is 20.0 Å². The van der Waals surface area contributed by atoms with Crippen LogP contribution in [0.5, 0.6) is 0 Å². The summed E-state index contributed by atoms with van der Waals surface area (Å²) in [6.45, 7) is 5.18. The van der Waals surface area contributed by atoms with Crippen LogP contribution in [0.25, 0.3) is 11.0 Å². The molecule has 0 unspecified atom stereocenters. The van der Waals surface area contributed by atoms with Gasteiger partial charge in [-0.2, -0.15) is 10.4 Å². The van der Waals surface area contributed by atoms with Gasteiger partial charge in [-0.15, -0.1) is 5.92 Å². The van der Waals surface area contributed by atoms with Crippen molar-refractivity contribution in [1.82, 2.24) is 24.6 Å². The fraction of sp³-hybridized carbons (Fsp3) is 0.318. The second-order valence-electron chi connectivity index (χ2n) is 7.57. The van der Waals surface area contributed by atoms with Crippen LogP contribution in [0.4, 0.5) is 11.6 Å². The number of nitriles is 1. The third-order valence-electron chi connectivity index (χ3n) is 5.54. The molecule has 168 valence electrons. The average Bonchev–Trinajstić information content (AvgIpc) is 3.20. The molecule has 0 atom stereocenters. The van der Waals surface area contributed by atoms with E-state index < -0.39 is 5.91 Å². The monoisotopic (exact) mass is 445 g/mol. The Morgan fingerprint density at radius 3 is 2.73 bits per heavy atom. The molecule has 1 saturated heterocycles. The van der Waals surface area contributed by atoms with Crippen LogP contribution >= 0.6 is 0 Å². The molecular weight excluding hydrogens is 422 g/mol. The third-order valence-corrected chi connectivity index (χ3v) is 5.54. The number of hydrogen-bond donors (Lipinski definition) is 3. The molecule has 1 fully saturated rings. The minimum absolute atomic E-state index is 0.0455. The summed E-state index contributed by atoms with van der Waals surface area (Å²) in [5.74, 6) is 5.87. The molecule has 11 heteroatoms. The van der Waals surface area contributed by atoms with Gasteiger partial charge in [0.2, 0.25) is 11.9 Å². The fourth-order valence-electron chi connectivity index (χ4n) is 3.86. The molecule has 2 aromatic heterocycles. The van der Waals surface area contributed by atoms with E-state index in [1.54, 1.807) is 6.92 Å². The number of fused-ring (bicyclic) bond motifs is 1. The molecule has 1 amide bonds. The highest BCUT2D eigenvalue weighted by atomic mass is 16.1. The van der Waals surface area contributed by atoms with Crippen molar-refractivity contribution in [2.24, 2.45) is 5.73 Å². The highest BCUT2D eigenvalue weighted by molar-refractivity contribution is 5.94. The van der Waals surface area contributed by atoms with Gasteiger partial charge in [0.1, 0.15) is 11.0 Å². The first-order valence-corrected chi connectivity index (χ1v) is 10.4. The first kappa shape index (κ1) is 21.9. The molecule has 0 spiro atoms. The largest absolute Gasteiger partial charge is 0.398 e. The van der Waals surface area contributed by atoms with E-state index in [1.807, 2.05) is 10.6 Å². The quantitative estimate of drug-likeness (QED) is 0.354. The first-order chi connectivity index (χ1) is 15.9. The molecule has 0 saturated carbocycles. The Bertz CT molecular complexity index is 1400. The Morgan fingerprint density at radius 1 is 1.30 bits per heavy atom. The van der Waals surface area contributed by atoms with Gasteiger partial charge in [0.15, 0.2) is 0 Å². The summed E-state index contributed by atoms with van der Waals surface area (Å²) in [7, 11) is 0. The zero-order chi connectivity index (χ0) is 23.5. The van der Waals surface area contributed by atoms with Crippen LogP contribution in [0, 0.1) is 23.2 Å². The van der Waals surface area contributed by atoms with Gasteiger partial charge >= 0.3 is 0 Å². The van der Waals surface area contributed by atoms with Gasteiger partial charge in [0.05, 0.1) is 30.9 Å². The molecule has 33 heavy (non-hydrogen) atoms. The number of nitrogens with zero attached hydrogens (tertiary/aromatic N) is 6. The first-order valence-electron chi connectivity index (χ1n) is 10.4. The zero-order valence-corrected chi connectivity index (χ0v) is 18.1. The number of nitrogens with two attached hydrogens (primary N) is 2. The summed E-state index contributed by atoms with van der Waals surface area (Å²) < 4.78 is 3.04. The van der Waals surface area contributed by atoms with Crippen LogP contribution in [0.1, 0.15) is 28.4 Å². The highest BCUT2D eigenvalue weighted by Crippen LogP contribution is 2.22. The molecule has 3 aromatic rings. The number of carbonyl (C=O) groups excluding carboxylic acids is 1. The molecule has 4 rings (SSSR count). The second kappa shape index (κ2) is 9.02. The number of nitrogen functional groups attached to an aromatic ring is 1. The Labute approximate surface area is 189 Å². The molecule has 1 aromatic carbocycles. The van der Waals surface area contributed by atoms with Gasteiger partial charge in [-0.1, -0.05) is 5.92 Å². The van der Waals surface area contributed by atoms with Gasteiger partial charge in [0, 0.05) is 43.0 Å². The lowest BCUT2D eigenvalue weighted by Crippen LogP contribution is -2.44. The smallest absolute Gasteiger partial charge is 0.293 e. The van der Waals surface area contributed by atoms with Crippen molar-refractivity contribution in [3.8, 4) is 17.9 Å². The summed E-state index contributed by atoms with van der Waals surface area (Å²) >= 11 is 0. The van der Waals surface area contributed by atoms with Crippen molar-refractivity contribution >= 4 is 28.6 Å². The number of anilines is 2. The number of primary amides is 1. The van der Waals surface area contributed by atoms with Gasteiger partial charge < -0.3 is 21.7 Å². The van der Waals surface area contributed by atoms with Crippen LogP contribution in [0.3, 0.4) is 0 Å². The Balaban J connectivity index is 1.83. The fourth-order valence-corrected chi connectivity index (χ4v) is 3.86. The van der Waals surface area contributed by atoms with E-state index in [2.05, 4.69) is 32.1 Å². The van der Waals surface area contributed by atoms with E-state index >= 15 is 0 Å². The van der Waals surface area contributed by atoms with Gasteiger partial charge in [-0.3, -0.25) is 14.2 Å². The second-order valence-corrected chi connectivity index (χ2v) is 7.57. The van der Waals surface area contributed by atoms with Crippen LogP contribution in [0.15, 0.2) is 23.1 Å².